The van der Waals surface area contributed by atoms with Gasteiger partial charge in [0.2, 0.25) is 5.95 Å². The van der Waals surface area contributed by atoms with Gasteiger partial charge in [-0.2, -0.15) is 0 Å². The van der Waals surface area contributed by atoms with Crippen LogP contribution in [-0.2, 0) is 6.42 Å². The number of benzene rings is 2. The highest BCUT2D eigenvalue weighted by Crippen LogP contribution is 2.32. The summed E-state index contributed by atoms with van der Waals surface area (Å²) in [5, 5.41) is 0.518. The van der Waals surface area contributed by atoms with Gasteiger partial charge in [-0.1, -0.05) is 32.3 Å². The fraction of sp³-hybridized carbons (Fsp3) is 0.296. The molecule has 0 bridgehead atoms. The number of halogens is 2. The third kappa shape index (κ3) is 4.80. The Hall–Kier alpha value is -3.46. The molecule has 2 aromatic carbocycles. The SMILES string of the molecule is CCc1ncc(-c2ccc3nc(N)n(C4CCCCC4)c(=O)c3c2)cc1NSc1ccc(F)cc1F. The van der Waals surface area contributed by atoms with Crippen LogP contribution in [0.3, 0.4) is 0 Å². The predicted molar refractivity (Wildman–Crippen MR) is 141 cm³/mol. The Kier molecular flexibility index (Phi) is 6.91. The molecule has 0 unspecified atom stereocenters. The highest BCUT2D eigenvalue weighted by Gasteiger charge is 2.21. The molecule has 2 aromatic heterocycles. The first kappa shape index (κ1) is 24.2. The number of nitrogens with zero attached hydrogens (tertiary/aromatic N) is 3. The van der Waals surface area contributed by atoms with E-state index in [2.05, 4.69) is 14.7 Å². The highest BCUT2D eigenvalue weighted by molar-refractivity contribution is 8.00. The van der Waals surface area contributed by atoms with Crippen LogP contribution in [0, 0.1) is 11.6 Å². The summed E-state index contributed by atoms with van der Waals surface area (Å²) in [6, 6.07) is 11.0. The largest absolute Gasteiger partial charge is 0.369 e. The molecule has 0 radical (unpaired) electrons. The number of aryl methyl sites for hydroxylation is 1. The molecular formula is C27H27F2N5OS. The highest BCUT2D eigenvalue weighted by atomic mass is 32.2. The third-order valence-electron chi connectivity index (χ3n) is 6.67. The van der Waals surface area contributed by atoms with Gasteiger partial charge in [-0.05, 0) is 67.1 Å². The van der Waals surface area contributed by atoms with Gasteiger partial charge in [0.15, 0.2) is 0 Å². The number of fused-ring (bicyclic) bond motifs is 1. The molecule has 0 atom stereocenters. The van der Waals surface area contributed by atoms with Crippen molar-refractivity contribution in [1.29, 1.82) is 0 Å². The Labute approximate surface area is 212 Å². The smallest absolute Gasteiger partial charge is 0.263 e. The van der Waals surface area contributed by atoms with Crippen LogP contribution in [0.1, 0.15) is 50.8 Å². The van der Waals surface area contributed by atoms with Crippen molar-refractivity contribution in [3.63, 3.8) is 0 Å². The Morgan fingerprint density at radius 3 is 2.64 bits per heavy atom. The van der Waals surface area contributed by atoms with Crippen LogP contribution < -0.4 is 16.0 Å². The summed E-state index contributed by atoms with van der Waals surface area (Å²) in [6.07, 6.45) is 7.64. The van der Waals surface area contributed by atoms with Gasteiger partial charge in [0.25, 0.3) is 5.56 Å². The normalized spacial score (nSPS) is 14.3. The van der Waals surface area contributed by atoms with E-state index in [1.54, 1.807) is 16.8 Å². The van der Waals surface area contributed by atoms with E-state index in [1.165, 1.54) is 18.6 Å². The molecule has 0 spiro atoms. The maximum atomic E-state index is 14.1. The first-order valence-electron chi connectivity index (χ1n) is 12.1. The van der Waals surface area contributed by atoms with Gasteiger partial charge < -0.3 is 10.5 Å². The monoisotopic (exact) mass is 507 g/mol. The minimum Gasteiger partial charge on any atom is -0.369 e. The molecule has 0 amide bonds. The second-order valence-electron chi connectivity index (χ2n) is 9.02. The number of rotatable bonds is 6. The zero-order valence-electron chi connectivity index (χ0n) is 19.9. The lowest BCUT2D eigenvalue weighted by atomic mass is 9.95. The Morgan fingerprint density at radius 2 is 1.89 bits per heavy atom. The molecule has 6 nitrogen and oxygen atoms in total. The average Bonchev–Trinajstić information content (AvgIpc) is 2.88. The van der Waals surface area contributed by atoms with Gasteiger partial charge in [0.1, 0.15) is 11.6 Å². The first-order valence-corrected chi connectivity index (χ1v) is 12.9. The number of aromatic nitrogens is 3. The third-order valence-corrected chi connectivity index (χ3v) is 7.54. The van der Waals surface area contributed by atoms with E-state index in [1.807, 2.05) is 25.1 Å². The van der Waals surface area contributed by atoms with E-state index < -0.39 is 11.6 Å². The number of pyridine rings is 1. The van der Waals surface area contributed by atoms with Gasteiger partial charge in [0.05, 0.1) is 27.2 Å². The van der Waals surface area contributed by atoms with Gasteiger partial charge in [-0.25, -0.2) is 13.8 Å². The Morgan fingerprint density at radius 1 is 1.08 bits per heavy atom. The van der Waals surface area contributed by atoms with Crippen molar-refractivity contribution in [3.05, 3.63) is 76.3 Å². The van der Waals surface area contributed by atoms with Crippen LogP contribution in [0.25, 0.3) is 22.0 Å². The van der Waals surface area contributed by atoms with E-state index >= 15 is 0 Å². The summed E-state index contributed by atoms with van der Waals surface area (Å²) < 4.78 is 32.2. The maximum Gasteiger partial charge on any atom is 0.263 e. The van der Waals surface area contributed by atoms with E-state index in [9.17, 15) is 13.6 Å². The molecule has 5 rings (SSSR count). The summed E-state index contributed by atoms with van der Waals surface area (Å²) in [6.45, 7) is 1.98. The minimum absolute atomic E-state index is 0.0806. The van der Waals surface area contributed by atoms with Crippen LogP contribution in [0.2, 0.25) is 0 Å². The van der Waals surface area contributed by atoms with E-state index in [-0.39, 0.29) is 22.4 Å². The lowest BCUT2D eigenvalue weighted by Gasteiger charge is -2.25. The molecule has 9 heteroatoms. The molecule has 36 heavy (non-hydrogen) atoms. The lowest BCUT2D eigenvalue weighted by Crippen LogP contribution is -2.29. The molecule has 0 saturated heterocycles. The molecule has 2 heterocycles. The zero-order valence-corrected chi connectivity index (χ0v) is 20.7. The quantitative estimate of drug-likeness (QED) is 0.290. The van der Waals surface area contributed by atoms with Gasteiger partial charge in [0, 0.05) is 23.9 Å². The fourth-order valence-corrected chi connectivity index (χ4v) is 5.47. The van der Waals surface area contributed by atoms with Crippen LogP contribution in [0.5, 0.6) is 0 Å². The Balaban J connectivity index is 1.50. The molecule has 1 aliphatic rings. The van der Waals surface area contributed by atoms with Crippen molar-refractivity contribution in [1.82, 2.24) is 14.5 Å². The molecule has 3 N–H and O–H groups in total. The number of nitrogens with two attached hydrogens (primary N) is 1. The topological polar surface area (TPSA) is 85.8 Å². The fourth-order valence-electron chi connectivity index (χ4n) is 4.78. The first-order chi connectivity index (χ1) is 17.4. The van der Waals surface area contributed by atoms with Crippen molar-refractivity contribution in [2.45, 2.75) is 56.4 Å². The molecule has 1 aliphatic carbocycles. The number of nitrogen functional groups attached to an aromatic ring is 1. The molecule has 1 fully saturated rings. The summed E-state index contributed by atoms with van der Waals surface area (Å²) >= 11 is 1.06. The molecule has 186 valence electrons. The lowest BCUT2D eigenvalue weighted by molar-refractivity contribution is 0.349. The summed E-state index contributed by atoms with van der Waals surface area (Å²) in [5.74, 6) is -0.993. The Bertz CT molecular complexity index is 1480. The van der Waals surface area contributed by atoms with Crippen molar-refractivity contribution in [3.8, 4) is 11.1 Å². The van der Waals surface area contributed by atoms with Gasteiger partial charge in [-0.3, -0.25) is 14.3 Å². The number of anilines is 2. The zero-order chi connectivity index (χ0) is 25.2. The molecule has 4 aromatic rings. The second kappa shape index (κ2) is 10.3. The second-order valence-corrected chi connectivity index (χ2v) is 9.87. The number of hydrogen-bond acceptors (Lipinski definition) is 6. The van der Waals surface area contributed by atoms with E-state index in [4.69, 9.17) is 5.73 Å². The summed E-state index contributed by atoms with van der Waals surface area (Å²) in [5.41, 5.74) is 9.80. The predicted octanol–water partition coefficient (Wildman–Crippen LogP) is 6.51. The van der Waals surface area contributed by atoms with Crippen LogP contribution in [0.15, 0.2) is 58.4 Å². The summed E-state index contributed by atoms with van der Waals surface area (Å²) in [7, 11) is 0. The minimum atomic E-state index is -0.634. The van der Waals surface area contributed by atoms with Crippen molar-refractivity contribution >= 4 is 34.5 Å². The molecule has 1 saturated carbocycles. The van der Waals surface area contributed by atoms with Crippen LogP contribution in [-0.4, -0.2) is 14.5 Å². The van der Waals surface area contributed by atoms with E-state index in [0.717, 1.165) is 66.2 Å². The number of hydrogen-bond donors (Lipinski definition) is 2. The molecule has 0 aliphatic heterocycles. The number of nitrogens with one attached hydrogen (secondary N) is 1. The van der Waals surface area contributed by atoms with Gasteiger partial charge in [-0.15, -0.1) is 0 Å². The van der Waals surface area contributed by atoms with E-state index in [0.29, 0.717) is 17.3 Å². The summed E-state index contributed by atoms with van der Waals surface area (Å²) in [4.78, 5) is 22.8. The molecular weight excluding hydrogens is 480 g/mol. The standard InChI is InChI=1S/C27H27F2N5OS/c1-2-22-24(33-36-25-11-9-18(28)14-21(25)29)13-17(15-31-22)16-8-10-23-20(12-16)26(35)34(27(30)32-23)19-6-4-3-5-7-19/h8-15,19,33H,2-7H2,1H3,(H2,30,32). The van der Waals surface area contributed by atoms with Crippen LogP contribution in [0.4, 0.5) is 20.4 Å². The van der Waals surface area contributed by atoms with Crippen molar-refractivity contribution < 1.29 is 8.78 Å². The van der Waals surface area contributed by atoms with Crippen LogP contribution >= 0.6 is 11.9 Å². The van der Waals surface area contributed by atoms with Gasteiger partial charge >= 0.3 is 0 Å². The maximum absolute atomic E-state index is 14.1. The van der Waals surface area contributed by atoms with Crippen molar-refractivity contribution in [2.75, 3.05) is 10.5 Å². The van der Waals surface area contributed by atoms with Crippen molar-refractivity contribution in [2.24, 2.45) is 0 Å². The average molecular weight is 508 g/mol.